The molecule has 0 bridgehead atoms. The minimum absolute atomic E-state index is 0.520. The van der Waals surface area contributed by atoms with Crippen molar-refractivity contribution in [1.82, 2.24) is 5.32 Å². The number of rotatable bonds is 4. The Kier molecular flexibility index (Phi) is 4.17. The van der Waals surface area contributed by atoms with Crippen LogP contribution in [0.1, 0.15) is 34.1 Å². The van der Waals surface area contributed by atoms with E-state index in [1.807, 2.05) is 0 Å². The van der Waals surface area contributed by atoms with Crippen LogP contribution in [-0.2, 0) is 0 Å². The summed E-state index contributed by atoms with van der Waals surface area (Å²) in [6.07, 6.45) is 1.08. The maximum atomic E-state index is 3.92. The lowest BCUT2D eigenvalue weighted by Gasteiger charge is -2.14. The smallest absolute Gasteiger partial charge is 0.0201 e. The number of hydrogen-bond donors (Lipinski definition) is 1. The summed E-state index contributed by atoms with van der Waals surface area (Å²) in [7, 11) is 0. The first-order chi connectivity index (χ1) is 4.52. The maximum absolute atomic E-state index is 3.92. The third-order valence-electron chi connectivity index (χ3n) is 1.15. The maximum Gasteiger partial charge on any atom is 0.0201 e. The molecule has 0 saturated carbocycles. The second-order valence-corrected chi connectivity index (χ2v) is 3.50. The SMILES string of the molecule is C=C(CC(C)C)NC(C)C. The fraction of sp³-hybridized carbons (Fsp3) is 0.778. The molecule has 0 unspecified atom stereocenters. The second kappa shape index (κ2) is 4.37. The van der Waals surface area contributed by atoms with Gasteiger partial charge in [-0.2, -0.15) is 0 Å². The largest absolute Gasteiger partial charge is 0.387 e. The van der Waals surface area contributed by atoms with Crippen LogP contribution in [0, 0.1) is 5.92 Å². The molecule has 0 aromatic carbocycles. The van der Waals surface area contributed by atoms with Gasteiger partial charge in [0.15, 0.2) is 0 Å². The van der Waals surface area contributed by atoms with Gasteiger partial charge in [-0.1, -0.05) is 20.4 Å². The molecule has 10 heavy (non-hydrogen) atoms. The van der Waals surface area contributed by atoms with Gasteiger partial charge >= 0.3 is 0 Å². The molecule has 0 radical (unpaired) electrons. The van der Waals surface area contributed by atoms with Crippen LogP contribution in [0.15, 0.2) is 12.3 Å². The summed E-state index contributed by atoms with van der Waals surface area (Å²) in [6.45, 7) is 12.6. The highest BCUT2D eigenvalue weighted by Crippen LogP contribution is 2.05. The van der Waals surface area contributed by atoms with Crippen molar-refractivity contribution in [3.63, 3.8) is 0 Å². The number of hydrogen-bond acceptors (Lipinski definition) is 1. The Morgan fingerprint density at radius 3 is 2.10 bits per heavy atom. The molecule has 0 aliphatic heterocycles. The number of allylic oxidation sites excluding steroid dienone is 1. The molecule has 0 heterocycles. The molecule has 0 rings (SSSR count). The third-order valence-corrected chi connectivity index (χ3v) is 1.15. The Morgan fingerprint density at radius 1 is 1.30 bits per heavy atom. The molecule has 1 nitrogen and oxygen atoms in total. The number of nitrogens with one attached hydrogen (secondary N) is 1. The fourth-order valence-electron chi connectivity index (χ4n) is 0.960. The van der Waals surface area contributed by atoms with Crippen molar-refractivity contribution in [3.8, 4) is 0 Å². The average Bonchev–Trinajstić information content (AvgIpc) is 1.58. The van der Waals surface area contributed by atoms with Gasteiger partial charge in [0.1, 0.15) is 0 Å². The summed E-state index contributed by atoms with van der Waals surface area (Å²) >= 11 is 0. The molecule has 0 aromatic rings. The second-order valence-electron chi connectivity index (χ2n) is 3.50. The molecular weight excluding hydrogens is 122 g/mol. The minimum Gasteiger partial charge on any atom is -0.387 e. The highest BCUT2D eigenvalue weighted by molar-refractivity contribution is 4.92. The molecule has 60 valence electrons. The van der Waals surface area contributed by atoms with E-state index in [0.717, 1.165) is 12.1 Å². The van der Waals surface area contributed by atoms with E-state index in [-0.39, 0.29) is 0 Å². The van der Waals surface area contributed by atoms with E-state index in [1.54, 1.807) is 0 Å². The van der Waals surface area contributed by atoms with Crippen LogP contribution >= 0.6 is 0 Å². The molecule has 0 saturated heterocycles. The third kappa shape index (κ3) is 5.67. The lowest BCUT2D eigenvalue weighted by atomic mass is 10.1. The quantitative estimate of drug-likeness (QED) is 0.634. The summed E-state index contributed by atoms with van der Waals surface area (Å²) in [6, 6.07) is 0.520. The van der Waals surface area contributed by atoms with E-state index in [0.29, 0.717) is 12.0 Å². The van der Waals surface area contributed by atoms with Crippen LogP contribution in [0.4, 0.5) is 0 Å². The summed E-state index contributed by atoms with van der Waals surface area (Å²) in [5, 5.41) is 3.28. The van der Waals surface area contributed by atoms with Gasteiger partial charge in [0.2, 0.25) is 0 Å². The Hall–Kier alpha value is -0.460. The molecule has 0 aliphatic carbocycles. The van der Waals surface area contributed by atoms with E-state index in [4.69, 9.17) is 0 Å². The summed E-state index contributed by atoms with van der Waals surface area (Å²) in [5.41, 5.74) is 1.16. The van der Waals surface area contributed by atoms with Gasteiger partial charge in [-0.15, -0.1) is 0 Å². The van der Waals surface area contributed by atoms with E-state index < -0.39 is 0 Å². The lowest BCUT2D eigenvalue weighted by Crippen LogP contribution is -2.21. The molecule has 0 aliphatic rings. The van der Waals surface area contributed by atoms with Crippen molar-refractivity contribution in [1.29, 1.82) is 0 Å². The van der Waals surface area contributed by atoms with E-state index >= 15 is 0 Å². The van der Waals surface area contributed by atoms with Gasteiger partial charge in [-0.25, -0.2) is 0 Å². The predicted molar refractivity (Wildman–Crippen MR) is 46.9 cm³/mol. The molecular formula is C9H19N. The van der Waals surface area contributed by atoms with Crippen LogP contribution in [0.25, 0.3) is 0 Å². The Labute approximate surface area is 64.5 Å². The van der Waals surface area contributed by atoms with Crippen molar-refractivity contribution in [2.75, 3.05) is 0 Å². The summed E-state index contributed by atoms with van der Waals surface area (Å²) in [5.74, 6) is 0.707. The van der Waals surface area contributed by atoms with Gasteiger partial charge < -0.3 is 5.32 Å². The van der Waals surface area contributed by atoms with Gasteiger partial charge in [-0.3, -0.25) is 0 Å². The Bertz CT molecular complexity index is 91.3. The van der Waals surface area contributed by atoms with Crippen LogP contribution in [0.5, 0.6) is 0 Å². The lowest BCUT2D eigenvalue weighted by molar-refractivity contribution is 0.571. The molecule has 0 fully saturated rings. The zero-order chi connectivity index (χ0) is 8.15. The molecule has 1 heteroatoms. The highest BCUT2D eigenvalue weighted by Gasteiger charge is 1.98. The Morgan fingerprint density at radius 2 is 1.80 bits per heavy atom. The van der Waals surface area contributed by atoms with Crippen LogP contribution in [0.3, 0.4) is 0 Å². The van der Waals surface area contributed by atoms with Crippen molar-refractivity contribution < 1.29 is 0 Å². The topological polar surface area (TPSA) is 12.0 Å². The van der Waals surface area contributed by atoms with E-state index in [1.165, 1.54) is 0 Å². The van der Waals surface area contributed by atoms with Crippen LogP contribution in [0.2, 0.25) is 0 Å². The minimum atomic E-state index is 0.520. The first kappa shape index (κ1) is 9.54. The first-order valence-corrected chi connectivity index (χ1v) is 3.96. The summed E-state index contributed by atoms with van der Waals surface area (Å²) < 4.78 is 0. The van der Waals surface area contributed by atoms with Crippen molar-refractivity contribution in [2.24, 2.45) is 5.92 Å². The van der Waals surface area contributed by atoms with E-state index in [9.17, 15) is 0 Å². The van der Waals surface area contributed by atoms with Crippen LogP contribution < -0.4 is 5.32 Å². The zero-order valence-electron chi connectivity index (χ0n) is 7.57. The van der Waals surface area contributed by atoms with Gasteiger partial charge in [-0.05, 0) is 26.2 Å². The average molecular weight is 141 g/mol. The van der Waals surface area contributed by atoms with Gasteiger partial charge in [0.05, 0.1) is 0 Å². The molecule has 0 spiro atoms. The zero-order valence-corrected chi connectivity index (χ0v) is 7.57. The normalized spacial score (nSPS) is 10.6. The molecule has 0 aromatic heterocycles. The standard InChI is InChI=1S/C9H19N/c1-7(2)6-9(5)10-8(3)4/h7-8,10H,5-6H2,1-4H3. The van der Waals surface area contributed by atoms with Gasteiger partial charge in [0, 0.05) is 11.7 Å². The van der Waals surface area contributed by atoms with E-state index in [2.05, 4.69) is 39.6 Å². The van der Waals surface area contributed by atoms with Crippen molar-refractivity contribution in [2.45, 2.75) is 40.2 Å². The molecule has 0 amide bonds. The Balaban J connectivity index is 3.44. The van der Waals surface area contributed by atoms with Gasteiger partial charge in [0.25, 0.3) is 0 Å². The molecule has 1 N–H and O–H groups in total. The predicted octanol–water partition coefficient (Wildman–Crippen LogP) is 2.54. The van der Waals surface area contributed by atoms with Crippen LogP contribution in [-0.4, -0.2) is 6.04 Å². The first-order valence-electron chi connectivity index (χ1n) is 3.96. The highest BCUT2D eigenvalue weighted by atomic mass is 14.9. The fourth-order valence-corrected chi connectivity index (χ4v) is 0.960. The summed E-state index contributed by atoms with van der Waals surface area (Å²) in [4.78, 5) is 0. The van der Waals surface area contributed by atoms with Crippen molar-refractivity contribution >= 4 is 0 Å². The molecule has 0 atom stereocenters. The monoisotopic (exact) mass is 141 g/mol. The van der Waals surface area contributed by atoms with Crippen molar-refractivity contribution in [3.05, 3.63) is 12.3 Å².